The standard InChI is InChI=1S/C28H36N2O6/c1-17(2)14-22(30-27(34)36-28(4,5)6)26(33)29-21(16-24(32)35-7)19-11-9-12-20(15-19)25-18(3)10-8-13-23(25)31/h8-13,15,21-22,31H,1,14,16H2,2-7H3,(H,29,33)(H,30,34)/t21-,22-/m0/s1. The molecular formula is C28H36N2O6. The number of rotatable bonds is 9. The number of hydrogen-bond acceptors (Lipinski definition) is 6. The quantitative estimate of drug-likeness (QED) is 0.334. The first-order valence-electron chi connectivity index (χ1n) is 11.7. The number of alkyl carbamates (subject to hydrolysis) is 1. The summed E-state index contributed by atoms with van der Waals surface area (Å²) in [4.78, 5) is 37.8. The molecule has 0 radical (unpaired) electrons. The van der Waals surface area contributed by atoms with E-state index in [4.69, 9.17) is 9.47 Å². The molecule has 0 saturated heterocycles. The van der Waals surface area contributed by atoms with Crippen molar-refractivity contribution in [3.05, 3.63) is 65.7 Å². The van der Waals surface area contributed by atoms with Gasteiger partial charge in [0.15, 0.2) is 0 Å². The van der Waals surface area contributed by atoms with E-state index in [1.54, 1.807) is 52.0 Å². The molecule has 194 valence electrons. The second-order valence-corrected chi connectivity index (χ2v) is 9.80. The predicted octanol–water partition coefficient (Wildman–Crippen LogP) is 4.95. The van der Waals surface area contributed by atoms with Gasteiger partial charge in [-0.15, -0.1) is 6.58 Å². The number of phenols is 1. The number of esters is 1. The number of ether oxygens (including phenoxy) is 2. The van der Waals surface area contributed by atoms with Crippen molar-refractivity contribution in [3.63, 3.8) is 0 Å². The van der Waals surface area contributed by atoms with Crippen LogP contribution < -0.4 is 10.6 Å². The zero-order valence-electron chi connectivity index (χ0n) is 21.8. The van der Waals surface area contributed by atoms with Crippen molar-refractivity contribution >= 4 is 18.0 Å². The summed E-state index contributed by atoms with van der Waals surface area (Å²) >= 11 is 0. The smallest absolute Gasteiger partial charge is 0.408 e. The minimum absolute atomic E-state index is 0.127. The van der Waals surface area contributed by atoms with Crippen molar-refractivity contribution in [3.8, 4) is 16.9 Å². The molecule has 0 aliphatic rings. The molecule has 0 unspecified atom stereocenters. The number of nitrogens with one attached hydrogen (secondary N) is 2. The van der Waals surface area contributed by atoms with E-state index >= 15 is 0 Å². The SMILES string of the molecule is C=C(C)C[C@H](NC(=O)OC(C)(C)C)C(=O)N[C@@H](CC(=O)OC)c1cccc(-c2c(C)cccc2O)c1. The highest BCUT2D eigenvalue weighted by molar-refractivity contribution is 5.87. The van der Waals surface area contributed by atoms with Crippen LogP contribution in [0.2, 0.25) is 0 Å². The van der Waals surface area contributed by atoms with Gasteiger partial charge in [0.2, 0.25) is 5.91 Å². The molecule has 0 fully saturated rings. The average molecular weight is 497 g/mol. The molecule has 2 atom stereocenters. The number of carbonyl (C=O) groups is 3. The lowest BCUT2D eigenvalue weighted by molar-refractivity contribution is -0.141. The van der Waals surface area contributed by atoms with Crippen LogP contribution in [0.5, 0.6) is 5.75 Å². The second-order valence-electron chi connectivity index (χ2n) is 9.80. The molecule has 2 aromatic carbocycles. The summed E-state index contributed by atoms with van der Waals surface area (Å²) in [6, 6.07) is 10.8. The van der Waals surface area contributed by atoms with Crippen molar-refractivity contribution in [1.82, 2.24) is 10.6 Å². The Labute approximate surface area is 212 Å². The number of hydrogen-bond donors (Lipinski definition) is 3. The Balaban J connectivity index is 2.37. The lowest BCUT2D eigenvalue weighted by atomic mass is 9.94. The van der Waals surface area contributed by atoms with E-state index in [0.29, 0.717) is 16.7 Å². The van der Waals surface area contributed by atoms with Crippen LogP contribution >= 0.6 is 0 Å². The van der Waals surface area contributed by atoms with Crippen LogP contribution in [0.4, 0.5) is 4.79 Å². The van der Waals surface area contributed by atoms with Crippen molar-refractivity contribution < 1.29 is 29.0 Å². The van der Waals surface area contributed by atoms with Gasteiger partial charge in [-0.3, -0.25) is 9.59 Å². The third-order valence-corrected chi connectivity index (χ3v) is 5.30. The third kappa shape index (κ3) is 8.45. The van der Waals surface area contributed by atoms with E-state index in [2.05, 4.69) is 17.2 Å². The van der Waals surface area contributed by atoms with Gasteiger partial charge < -0.3 is 25.2 Å². The fourth-order valence-electron chi connectivity index (χ4n) is 3.72. The van der Waals surface area contributed by atoms with Crippen molar-refractivity contribution in [2.75, 3.05) is 7.11 Å². The Morgan fingerprint density at radius 3 is 2.31 bits per heavy atom. The molecule has 2 rings (SSSR count). The van der Waals surface area contributed by atoms with Crippen LogP contribution in [0.25, 0.3) is 11.1 Å². The molecule has 0 bridgehead atoms. The summed E-state index contributed by atoms with van der Waals surface area (Å²) in [5.41, 5.74) is 2.87. The number of phenolic OH excluding ortho intramolecular Hbond substituents is 1. The summed E-state index contributed by atoms with van der Waals surface area (Å²) < 4.78 is 10.1. The Morgan fingerprint density at radius 2 is 1.72 bits per heavy atom. The monoisotopic (exact) mass is 496 g/mol. The Bertz CT molecular complexity index is 1100. The van der Waals surface area contributed by atoms with Crippen LogP contribution in [-0.4, -0.2) is 41.8 Å². The van der Waals surface area contributed by atoms with Gasteiger partial charge in [0.05, 0.1) is 19.6 Å². The lowest BCUT2D eigenvalue weighted by Crippen LogP contribution is -2.49. The minimum atomic E-state index is -0.957. The molecule has 8 nitrogen and oxygen atoms in total. The number of amides is 2. The van der Waals surface area contributed by atoms with Gasteiger partial charge in [0.1, 0.15) is 17.4 Å². The van der Waals surface area contributed by atoms with Crippen molar-refractivity contribution in [2.45, 2.75) is 65.1 Å². The Kier molecular flexibility index (Phi) is 9.67. The molecule has 8 heteroatoms. The van der Waals surface area contributed by atoms with Crippen LogP contribution in [0, 0.1) is 6.92 Å². The van der Waals surface area contributed by atoms with E-state index in [-0.39, 0.29) is 18.6 Å². The van der Waals surface area contributed by atoms with E-state index in [1.165, 1.54) is 7.11 Å². The highest BCUT2D eigenvalue weighted by Crippen LogP contribution is 2.34. The van der Waals surface area contributed by atoms with Crippen molar-refractivity contribution in [2.24, 2.45) is 0 Å². The van der Waals surface area contributed by atoms with Gasteiger partial charge in [-0.25, -0.2) is 4.79 Å². The maximum atomic E-state index is 13.3. The molecule has 0 aliphatic heterocycles. The number of aryl methyl sites for hydroxylation is 1. The summed E-state index contributed by atoms with van der Waals surface area (Å²) in [6.45, 7) is 12.7. The van der Waals surface area contributed by atoms with Gasteiger partial charge in [0, 0.05) is 5.56 Å². The summed E-state index contributed by atoms with van der Waals surface area (Å²) in [7, 11) is 1.27. The largest absolute Gasteiger partial charge is 0.507 e. The number of aromatic hydroxyl groups is 1. The van der Waals surface area contributed by atoms with Crippen LogP contribution in [0.1, 0.15) is 57.7 Å². The summed E-state index contributed by atoms with van der Waals surface area (Å²) in [6.07, 6.45) is -0.671. The first-order valence-corrected chi connectivity index (χ1v) is 11.7. The van der Waals surface area contributed by atoms with Crippen LogP contribution in [0.3, 0.4) is 0 Å². The molecular weight excluding hydrogens is 460 g/mol. The van der Waals surface area contributed by atoms with Crippen molar-refractivity contribution in [1.29, 1.82) is 0 Å². The maximum Gasteiger partial charge on any atom is 0.408 e. The van der Waals surface area contributed by atoms with Crippen LogP contribution in [0.15, 0.2) is 54.6 Å². The number of methoxy groups -OCH3 is 1. The summed E-state index contributed by atoms with van der Waals surface area (Å²) in [5.74, 6) is -0.883. The fraction of sp³-hybridized carbons (Fsp3) is 0.393. The Hall–Kier alpha value is -3.81. The predicted molar refractivity (Wildman–Crippen MR) is 138 cm³/mol. The topological polar surface area (TPSA) is 114 Å². The zero-order valence-corrected chi connectivity index (χ0v) is 21.8. The molecule has 2 aromatic rings. The normalized spacial score (nSPS) is 12.7. The van der Waals surface area contributed by atoms with Crippen LogP contribution in [-0.2, 0) is 19.1 Å². The molecule has 0 aromatic heterocycles. The van der Waals surface area contributed by atoms with Gasteiger partial charge in [-0.1, -0.05) is 35.9 Å². The van der Waals surface area contributed by atoms with Gasteiger partial charge in [-0.05, 0) is 69.9 Å². The fourth-order valence-corrected chi connectivity index (χ4v) is 3.72. The molecule has 0 spiro atoms. The highest BCUT2D eigenvalue weighted by atomic mass is 16.6. The first-order chi connectivity index (χ1) is 16.8. The minimum Gasteiger partial charge on any atom is -0.507 e. The zero-order chi connectivity index (χ0) is 27.0. The van der Waals surface area contributed by atoms with E-state index in [9.17, 15) is 19.5 Å². The van der Waals surface area contributed by atoms with Gasteiger partial charge >= 0.3 is 12.1 Å². The lowest BCUT2D eigenvalue weighted by Gasteiger charge is -2.26. The van der Waals surface area contributed by atoms with E-state index in [0.717, 1.165) is 11.1 Å². The van der Waals surface area contributed by atoms with E-state index in [1.807, 2.05) is 25.1 Å². The molecule has 0 saturated carbocycles. The average Bonchev–Trinajstić information content (AvgIpc) is 2.76. The molecule has 0 heterocycles. The molecule has 36 heavy (non-hydrogen) atoms. The number of carbonyl (C=O) groups excluding carboxylic acids is 3. The molecule has 3 N–H and O–H groups in total. The molecule has 0 aliphatic carbocycles. The van der Waals surface area contributed by atoms with Gasteiger partial charge in [0.25, 0.3) is 0 Å². The molecule has 2 amide bonds. The Morgan fingerprint density at radius 1 is 1.06 bits per heavy atom. The number of benzene rings is 2. The first kappa shape index (κ1) is 28.4. The summed E-state index contributed by atoms with van der Waals surface area (Å²) in [5, 5.41) is 15.9. The third-order valence-electron chi connectivity index (χ3n) is 5.30. The second kappa shape index (κ2) is 12.2. The maximum absolute atomic E-state index is 13.3. The van der Waals surface area contributed by atoms with Gasteiger partial charge in [-0.2, -0.15) is 0 Å². The van der Waals surface area contributed by atoms with E-state index < -0.39 is 35.7 Å². The highest BCUT2D eigenvalue weighted by Gasteiger charge is 2.28.